The lowest BCUT2D eigenvalue weighted by atomic mass is 9.92. The monoisotopic (exact) mass is 194 g/mol. The van der Waals surface area contributed by atoms with E-state index in [4.69, 9.17) is 5.73 Å². The molecule has 14 heavy (non-hydrogen) atoms. The molecule has 0 aromatic heterocycles. The zero-order valence-corrected chi connectivity index (χ0v) is 7.53. The molecule has 74 valence electrons. The van der Waals surface area contributed by atoms with Gasteiger partial charge in [0.2, 0.25) is 0 Å². The van der Waals surface area contributed by atoms with Gasteiger partial charge in [-0.3, -0.25) is 0 Å². The predicted molar refractivity (Wildman–Crippen MR) is 50.0 cm³/mol. The number of nitrogens with two attached hydrogens (primary N) is 1. The molecule has 1 aliphatic rings. The number of hydrogen-bond donors (Lipinski definition) is 2. The Morgan fingerprint density at radius 2 is 2.36 bits per heavy atom. The second kappa shape index (κ2) is 3.48. The quantitative estimate of drug-likeness (QED) is 0.640. The highest BCUT2D eigenvalue weighted by molar-refractivity contribution is 5.61. The van der Waals surface area contributed by atoms with Crippen LogP contribution in [0.1, 0.15) is 17.2 Å². The van der Waals surface area contributed by atoms with Gasteiger partial charge in [-0.1, -0.05) is 6.07 Å². The van der Waals surface area contributed by atoms with Crippen molar-refractivity contribution in [3.05, 3.63) is 35.1 Å². The summed E-state index contributed by atoms with van der Waals surface area (Å²) in [5.74, 6) is -0.314. The molecule has 3 N–H and O–H groups in total. The number of carbonyl (C=O) groups is 1. The van der Waals surface area contributed by atoms with Crippen LogP contribution in [0.2, 0.25) is 0 Å². The van der Waals surface area contributed by atoms with Gasteiger partial charge in [0.1, 0.15) is 12.1 Å². The van der Waals surface area contributed by atoms with Crippen LogP contribution in [0.4, 0.5) is 4.39 Å². The largest absolute Gasteiger partial charge is 0.322 e. The van der Waals surface area contributed by atoms with Gasteiger partial charge in [0, 0.05) is 6.54 Å². The maximum Gasteiger partial charge on any atom is 0.138 e. The van der Waals surface area contributed by atoms with Crippen molar-refractivity contribution < 1.29 is 9.18 Å². The first kappa shape index (κ1) is 9.30. The van der Waals surface area contributed by atoms with E-state index in [0.717, 1.165) is 17.4 Å². The van der Waals surface area contributed by atoms with E-state index in [1.54, 1.807) is 6.07 Å². The van der Waals surface area contributed by atoms with Crippen molar-refractivity contribution in [3.8, 4) is 0 Å². The zero-order chi connectivity index (χ0) is 10.1. The first-order valence-electron chi connectivity index (χ1n) is 4.45. The third kappa shape index (κ3) is 1.42. The van der Waals surface area contributed by atoms with Gasteiger partial charge in [0.15, 0.2) is 0 Å². The predicted octanol–water partition coefficient (Wildman–Crippen LogP) is 0.496. The number of aldehydes is 1. The molecule has 1 heterocycles. The third-order valence-corrected chi connectivity index (χ3v) is 2.53. The lowest BCUT2D eigenvalue weighted by molar-refractivity contribution is -0.110. The summed E-state index contributed by atoms with van der Waals surface area (Å²) >= 11 is 0. The molecule has 0 saturated heterocycles. The molecule has 1 aromatic rings. The smallest absolute Gasteiger partial charge is 0.138 e. The van der Waals surface area contributed by atoms with E-state index in [-0.39, 0.29) is 5.82 Å². The number of fused-ring (bicyclic) bond motifs is 1. The Balaban J connectivity index is 2.42. The van der Waals surface area contributed by atoms with Gasteiger partial charge in [-0.05, 0) is 23.3 Å². The van der Waals surface area contributed by atoms with Gasteiger partial charge >= 0.3 is 0 Å². The van der Waals surface area contributed by atoms with Crippen LogP contribution >= 0.6 is 0 Å². The van der Waals surface area contributed by atoms with E-state index in [2.05, 4.69) is 5.32 Å². The highest BCUT2D eigenvalue weighted by Gasteiger charge is 2.25. The summed E-state index contributed by atoms with van der Waals surface area (Å²) in [7, 11) is 0. The van der Waals surface area contributed by atoms with Crippen LogP contribution in [-0.2, 0) is 11.3 Å². The average Bonchev–Trinajstić information content (AvgIpc) is 2.20. The Morgan fingerprint density at radius 1 is 1.57 bits per heavy atom. The van der Waals surface area contributed by atoms with Gasteiger partial charge in [-0.2, -0.15) is 0 Å². The molecular formula is C10H11FN2O. The van der Waals surface area contributed by atoms with Crippen LogP contribution in [0.15, 0.2) is 18.2 Å². The SMILES string of the molecule is NC1c2cc(F)ccc2CNC1C=O. The molecule has 0 amide bonds. The van der Waals surface area contributed by atoms with E-state index in [1.165, 1.54) is 12.1 Å². The lowest BCUT2D eigenvalue weighted by Crippen LogP contribution is -2.44. The van der Waals surface area contributed by atoms with Gasteiger partial charge in [-0.15, -0.1) is 0 Å². The number of hydrogen-bond acceptors (Lipinski definition) is 3. The average molecular weight is 194 g/mol. The molecule has 3 nitrogen and oxygen atoms in total. The first-order valence-corrected chi connectivity index (χ1v) is 4.45. The third-order valence-electron chi connectivity index (χ3n) is 2.53. The summed E-state index contributed by atoms with van der Waals surface area (Å²) < 4.78 is 12.9. The summed E-state index contributed by atoms with van der Waals surface area (Å²) in [5, 5.41) is 2.98. The van der Waals surface area contributed by atoms with Gasteiger partial charge in [-0.25, -0.2) is 4.39 Å². The number of rotatable bonds is 1. The molecule has 4 heteroatoms. The van der Waals surface area contributed by atoms with Crippen molar-refractivity contribution >= 4 is 6.29 Å². The number of carbonyl (C=O) groups excluding carboxylic acids is 1. The van der Waals surface area contributed by atoms with Crippen molar-refractivity contribution in [1.29, 1.82) is 0 Å². The van der Waals surface area contributed by atoms with E-state index in [9.17, 15) is 9.18 Å². The van der Waals surface area contributed by atoms with Crippen LogP contribution in [0.5, 0.6) is 0 Å². The summed E-state index contributed by atoms with van der Waals surface area (Å²) in [5.41, 5.74) is 7.49. The fourth-order valence-electron chi connectivity index (χ4n) is 1.72. The maximum absolute atomic E-state index is 12.9. The molecule has 0 saturated carbocycles. The Bertz CT molecular complexity index is 367. The van der Waals surface area contributed by atoms with Gasteiger partial charge in [0.25, 0.3) is 0 Å². The summed E-state index contributed by atoms with van der Waals surface area (Å²) in [6.45, 7) is 0.562. The van der Waals surface area contributed by atoms with Crippen LogP contribution in [0.3, 0.4) is 0 Å². The number of halogens is 1. The topological polar surface area (TPSA) is 55.1 Å². The molecule has 0 aliphatic carbocycles. The molecule has 0 bridgehead atoms. The molecule has 2 unspecified atom stereocenters. The Hall–Kier alpha value is -1.26. The maximum atomic E-state index is 12.9. The van der Waals surface area contributed by atoms with Crippen LogP contribution in [-0.4, -0.2) is 12.3 Å². The molecule has 2 atom stereocenters. The first-order chi connectivity index (χ1) is 6.72. The summed E-state index contributed by atoms with van der Waals surface area (Å²) in [6.07, 6.45) is 0.762. The van der Waals surface area contributed by atoms with Crippen molar-refractivity contribution in [3.63, 3.8) is 0 Å². The minimum absolute atomic E-state index is 0.314. The highest BCUT2D eigenvalue weighted by Crippen LogP contribution is 2.23. The fraction of sp³-hybridized carbons (Fsp3) is 0.300. The minimum atomic E-state index is -0.452. The van der Waals surface area contributed by atoms with Crippen LogP contribution in [0.25, 0.3) is 0 Å². The van der Waals surface area contributed by atoms with E-state index in [1.807, 2.05) is 0 Å². The number of nitrogens with one attached hydrogen (secondary N) is 1. The highest BCUT2D eigenvalue weighted by atomic mass is 19.1. The number of benzene rings is 1. The minimum Gasteiger partial charge on any atom is -0.322 e. The molecule has 2 rings (SSSR count). The molecule has 0 fully saturated rings. The molecule has 1 aromatic carbocycles. The Morgan fingerprint density at radius 3 is 3.07 bits per heavy atom. The van der Waals surface area contributed by atoms with Crippen molar-refractivity contribution in [1.82, 2.24) is 5.32 Å². The Kier molecular flexibility index (Phi) is 2.31. The van der Waals surface area contributed by atoms with Crippen LogP contribution < -0.4 is 11.1 Å². The van der Waals surface area contributed by atoms with Crippen molar-refractivity contribution in [2.75, 3.05) is 0 Å². The molecule has 0 spiro atoms. The molecular weight excluding hydrogens is 183 g/mol. The summed E-state index contributed by atoms with van der Waals surface area (Å²) in [4.78, 5) is 10.6. The van der Waals surface area contributed by atoms with E-state index < -0.39 is 12.1 Å². The van der Waals surface area contributed by atoms with Gasteiger partial charge in [0.05, 0.1) is 12.1 Å². The summed E-state index contributed by atoms with van der Waals surface area (Å²) in [6, 6.07) is 3.63. The zero-order valence-electron chi connectivity index (χ0n) is 7.53. The normalized spacial score (nSPS) is 25.6. The molecule has 0 radical (unpaired) electrons. The standard InChI is InChI=1S/C10H11FN2O/c11-7-2-1-6-4-13-9(5-14)10(12)8(6)3-7/h1-3,5,9-10,13H,4,12H2. The fourth-order valence-corrected chi connectivity index (χ4v) is 1.72. The van der Waals surface area contributed by atoms with E-state index in [0.29, 0.717) is 6.54 Å². The van der Waals surface area contributed by atoms with Crippen molar-refractivity contribution in [2.24, 2.45) is 5.73 Å². The second-order valence-electron chi connectivity index (χ2n) is 3.41. The van der Waals surface area contributed by atoms with Crippen molar-refractivity contribution in [2.45, 2.75) is 18.6 Å². The van der Waals surface area contributed by atoms with Gasteiger partial charge < -0.3 is 15.8 Å². The lowest BCUT2D eigenvalue weighted by Gasteiger charge is -2.28. The van der Waals surface area contributed by atoms with Crippen LogP contribution in [0, 0.1) is 5.82 Å². The Labute approximate surface area is 81.1 Å². The molecule has 1 aliphatic heterocycles. The second-order valence-corrected chi connectivity index (χ2v) is 3.41. The van der Waals surface area contributed by atoms with E-state index >= 15 is 0 Å².